The van der Waals surface area contributed by atoms with Crippen molar-refractivity contribution in [2.75, 3.05) is 61.8 Å². The van der Waals surface area contributed by atoms with Crippen LogP contribution in [0.2, 0.25) is 51.4 Å². The van der Waals surface area contributed by atoms with Gasteiger partial charge in [-0.25, -0.2) is 9.59 Å². The summed E-state index contributed by atoms with van der Waals surface area (Å²) in [6, 6.07) is 8.76. The number of esters is 2. The van der Waals surface area contributed by atoms with Gasteiger partial charge in [0.1, 0.15) is 46.3 Å². The number of aliphatic hydroxyl groups excluding tert-OH is 1. The molecule has 4 rings (SSSR count). The van der Waals surface area contributed by atoms with Crippen LogP contribution in [0.25, 0.3) is 0 Å². The van der Waals surface area contributed by atoms with Gasteiger partial charge in [-0.1, -0.05) is 39.3 Å². The Morgan fingerprint density at radius 1 is 0.636 bits per heavy atom. The van der Waals surface area contributed by atoms with Gasteiger partial charge in [0.2, 0.25) is 0 Å². The normalized spacial score (nSPS) is 19.9. The molecule has 0 bridgehead atoms. The van der Waals surface area contributed by atoms with Crippen molar-refractivity contribution in [2.24, 2.45) is 0 Å². The lowest BCUT2D eigenvalue weighted by atomic mass is 9.98. The fraction of sp³-hybridized carbons (Fsp3) is 0.688. The average molecular weight is 967 g/mol. The molecule has 2 aliphatic rings. The molecule has 2 saturated heterocycles. The third-order valence-corrected chi connectivity index (χ3v) is 14.1. The lowest BCUT2D eigenvalue weighted by molar-refractivity contribution is -0.150. The zero-order chi connectivity index (χ0) is 49.3. The van der Waals surface area contributed by atoms with E-state index < -0.39 is 45.8 Å². The molecule has 0 spiro atoms. The van der Waals surface area contributed by atoms with Gasteiger partial charge < -0.3 is 66.7 Å². The Kier molecular flexibility index (Phi) is 22.6. The third kappa shape index (κ3) is 18.8. The number of benzene rings is 2. The number of aldehydes is 1. The molecule has 18 heteroatoms. The number of hydrogen-bond acceptors (Lipinski definition) is 16. The maximum absolute atomic E-state index is 13.1. The van der Waals surface area contributed by atoms with Crippen LogP contribution in [0.1, 0.15) is 85.2 Å². The number of hydrogen-bond donors (Lipinski definition) is 1. The second kappa shape index (κ2) is 26.2. The maximum Gasteiger partial charge on any atom is 0.342 e. The van der Waals surface area contributed by atoms with Crippen molar-refractivity contribution in [1.82, 2.24) is 0 Å². The molecule has 0 saturated carbocycles. The van der Waals surface area contributed by atoms with Crippen LogP contribution < -0.4 is 18.9 Å². The van der Waals surface area contributed by atoms with E-state index in [-0.39, 0.29) is 38.5 Å². The summed E-state index contributed by atoms with van der Waals surface area (Å²) < 4.78 is 66.8. The molecule has 1 N–H and O–H groups in total. The molecule has 66 heavy (non-hydrogen) atoms. The van der Waals surface area contributed by atoms with E-state index >= 15 is 0 Å². The molecule has 0 aromatic heterocycles. The largest absolute Gasteiger partial charge is 0.497 e. The summed E-state index contributed by atoms with van der Waals surface area (Å²) in [4.78, 5) is 37.5. The minimum atomic E-state index is -1.35. The van der Waals surface area contributed by atoms with Crippen LogP contribution in [-0.4, -0.2) is 137 Å². The van der Waals surface area contributed by atoms with Crippen LogP contribution in [0.4, 0.5) is 0 Å². The summed E-state index contributed by atoms with van der Waals surface area (Å²) in [7, 11) is 3.48. The van der Waals surface area contributed by atoms with Gasteiger partial charge in [-0.05, 0) is 102 Å². The maximum atomic E-state index is 13.1. The van der Waals surface area contributed by atoms with Crippen molar-refractivity contribution in [3.63, 3.8) is 0 Å². The first-order valence-corrected chi connectivity index (χ1v) is 30.2. The van der Waals surface area contributed by atoms with E-state index in [0.29, 0.717) is 85.9 Å². The fourth-order valence-electron chi connectivity index (χ4n) is 7.40. The van der Waals surface area contributed by atoms with Crippen molar-refractivity contribution in [2.45, 2.75) is 154 Å². The molecule has 2 aliphatic heterocycles. The summed E-state index contributed by atoms with van der Waals surface area (Å²) in [5.74, 6) is -0.461. The van der Waals surface area contributed by atoms with Gasteiger partial charge in [0.05, 0.1) is 46.2 Å². The molecule has 374 valence electrons. The Morgan fingerprint density at radius 3 is 1.44 bits per heavy atom. The Morgan fingerprint density at radius 2 is 1.05 bits per heavy atom. The van der Waals surface area contributed by atoms with Crippen LogP contribution in [0.5, 0.6) is 23.0 Å². The van der Waals surface area contributed by atoms with Crippen molar-refractivity contribution in [3.05, 3.63) is 46.5 Å². The second-order valence-corrected chi connectivity index (χ2v) is 31.0. The number of carbonyl (C=O) groups excluding carboxylic acids is 3. The first kappa shape index (κ1) is 56.7. The van der Waals surface area contributed by atoms with Gasteiger partial charge in [0.25, 0.3) is 0 Å². The Hall–Kier alpha value is -3.60. The second-order valence-electron chi connectivity index (χ2n) is 19.8. The molecule has 16 nitrogen and oxygen atoms in total. The van der Waals surface area contributed by atoms with Gasteiger partial charge in [0, 0.05) is 42.5 Å². The van der Waals surface area contributed by atoms with Crippen LogP contribution in [0.15, 0.2) is 24.3 Å². The topological polar surface area (TPSA) is 182 Å². The summed E-state index contributed by atoms with van der Waals surface area (Å²) in [5, 5.41) is 9.62. The van der Waals surface area contributed by atoms with Crippen LogP contribution >= 0.6 is 0 Å². The molecule has 0 radical (unpaired) electrons. The van der Waals surface area contributed by atoms with E-state index in [1.807, 2.05) is 26.0 Å². The molecule has 2 fully saturated rings. The summed E-state index contributed by atoms with van der Waals surface area (Å²) in [5.41, 5.74) is 2.29. The highest BCUT2D eigenvalue weighted by molar-refractivity contribution is 6.76. The minimum Gasteiger partial charge on any atom is -0.497 e. The lowest BCUT2D eigenvalue weighted by Gasteiger charge is -2.19. The zero-order valence-corrected chi connectivity index (χ0v) is 44.0. The molecular formula is C48H78O16Si2. The van der Waals surface area contributed by atoms with Crippen LogP contribution in [0.3, 0.4) is 0 Å². The monoisotopic (exact) mass is 966 g/mol. The van der Waals surface area contributed by atoms with Gasteiger partial charge in [-0.2, -0.15) is 0 Å². The van der Waals surface area contributed by atoms with Gasteiger partial charge in [-0.3, -0.25) is 0 Å². The van der Waals surface area contributed by atoms with Crippen molar-refractivity contribution in [3.8, 4) is 23.0 Å². The number of rotatable bonds is 26. The quantitative estimate of drug-likeness (QED) is 0.0412. The van der Waals surface area contributed by atoms with E-state index in [0.717, 1.165) is 29.5 Å². The number of carbonyl (C=O) groups is 3. The SMILES string of the molecule is COCOc1cc(OC)cc(CCC[C@@H]2OC(C)(C)OC2C=O)c1C(=O)OCC[Si](C)(C)C.COCOc1cc(OC)cc(CCC[C@@H]2OC(C)(C)OC2CO)c1C(=O)OCC[Si](C)(C)C. The molecule has 2 aromatic rings. The Labute approximate surface area is 394 Å². The summed E-state index contributed by atoms with van der Waals surface area (Å²) in [6.07, 6.45) is 3.05. The third-order valence-electron chi connectivity index (χ3n) is 10.7. The van der Waals surface area contributed by atoms with E-state index in [9.17, 15) is 19.5 Å². The van der Waals surface area contributed by atoms with E-state index in [1.165, 1.54) is 14.2 Å². The summed E-state index contributed by atoms with van der Waals surface area (Å²) in [6.45, 7) is 21.3. The molecule has 2 unspecified atom stereocenters. The smallest absolute Gasteiger partial charge is 0.342 e. The van der Waals surface area contributed by atoms with Gasteiger partial charge in [-0.15, -0.1) is 0 Å². The predicted octanol–water partition coefficient (Wildman–Crippen LogP) is 8.22. The van der Waals surface area contributed by atoms with E-state index in [1.54, 1.807) is 40.2 Å². The highest BCUT2D eigenvalue weighted by Gasteiger charge is 2.41. The van der Waals surface area contributed by atoms with Crippen molar-refractivity contribution < 1.29 is 76.3 Å². The molecule has 4 atom stereocenters. The first-order chi connectivity index (χ1) is 31.0. The number of aliphatic hydroxyl groups is 1. The van der Waals surface area contributed by atoms with Crippen molar-refractivity contribution >= 4 is 34.4 Å². The highest BCUT2D eigenvalue weighted by atomic mass is 28.3. The highest BCUT2D eigenvalue weighted by Crippen LogP contribution is 2.36. The zero-order valence-electron chi connectivity index (χ0n) is 42.0. The van der Waals surface area contributed by atoms with Gasteiger partial charge >= 0.3 is 11.9 Å². The van der Waals surface area contributed by atoms with Gasteiger partial charge in [0.15, 0.2) is 31.4 Å². The molecule has 0 amide bonds. The Bertz CT molecular complexity index is 1840. The fourth-order valence-corrected chi connectivity index (χ4v) is 8.83. The first-order valence-electron chi connectivity index (χ1n) is 22.8. The van der Waals surface area contributed by atoms with Crippen LogP contribution in [0, 0.1) is 0 Å². The molecule has 2 aromatic carbocycles. The molecule has 0 aliphatic carbocycles. The number of ether oxygens (including phenoxy) is 12. The standard InChI is InChI=1S/C24H40O8Si.C24H38O8Si/c2*1-24(2)31-19(21(15-25)32-24)10-8-9-17-13-18(28-4)14-20(30-16-27-3)22(17)23(26)29-11-12-33(5,6)7/h13-14,19,21,25H,8-12,15-16H2,1-7H3;13-15,19,21H,8-12,16H2,1-7H3/t2*19-,21?/m00/s1. The van der Waals surface area contributed by atoms with Crippen molar-refractivity contribution in [1.29, 1.82) is 0 Å². The number of methoxy groups -OCH3 is 4. The number of aryl methyl sites for hydroxylation is 2. The average Bonchev–Trinajstić information content (AvgIpc) is 3.72. The Balaban J connectivity index is 0.000000350. The molecule has 2 heterocycles. The van der Waals surface area contributed by atoms with E-state index in [4.69, 9.17) is 56.8 Å². The minimum absolute atomic E-state index is 0.00229. The van der Waals surface area contributed by atoms with E-state index in [2.05, 4.69) is 39.3 Å². The molecular weight excluding hydrogens is 889 g/mol. The lowest BCUT2D eigenvalue weighted by Crippen LogP contribution is -2.26. The van der Waals surface area contributed by atoms with Crippen LogP contribution in [-0.2, 0) is 55.5 Å². The summed E-state index contributed by atoms with van der Waals surface area (Å²) >= 11 is 0. The predicted molar refractivity (Wildman–Crippen MR) is 255 cm³/mol.